The van der Waals surface area contributed by atoms with Gasteiger partial charge in [0.25, 0.3) is 0 Å². The van der Waals surface area contributed by atoms with Crippen molar-refractivity contribution in [2.75, 3.05) is 5.75 Å². The summed E-state index contributed by atoms with van der Waals surface area (Å²) in [5.74, 6) is -0.418. The highest BCUT2D eigenvalue weighted by atomic mass is 32.2. The smallest absolute Gasteiger partial charge is 0.209 e. The SMILES string of the molecule is CC1(C)C[C@@H](CS(N)(=O)=O)c2ccc(F)cc2O1. The van der Waals surface area contributed by atoms with Crippen LogP contribution < -0.4 is 9.88 Å². The summed E-state index contributed by atoms with van der Waals surface area (Å²) in [6.07, 6.45) is 0.530. The van der Waals surface area contributed by atoms with Gasteiger partial charge in [-0.1, -0.05) is 6.07 Å². The summed E-state index contributed by atoms with van der Waals surface area (Å²) in [6.45, 7) is 3.69. The molecule has 1 aromatic rings. The minimum Gasteiger partial charge on any atom is -0.487 e. The molecule has 6 heteroatoms. The second-order valence-corrected chi connectivity index (χ2v) is 6.93. The fourth-order valence-electron chi connectivity index (χ4n) is 2.41. The summed E-state index contributed by atoms with van der Waals surface area (Å²) in [5, 5.41) is 5.10. The second-order valence-electron chi connectivity index (χ2n) is 5.27. The summed E-state index contributed by atoms with van der Waals surface area (Å²) in [7, 11) is -3.58. The number of sulfonamides is 1. The molecule has 0 radical (unpaired) electrons. The van der Waals surface area contributed by atoms with Gasteiger partial charge in [0.1, 0.15) is 17.2 Å². The van der Waals surface area contributed by atoms with Gasteiger partial charge in [-0.15, -0.1) is 0 Å². The van der Waals surface area contributed by atoms with Crippen LogP contribution in [0.1, 0.15) is 31.7 Å². The minimum atomic E-state index is -3.58. The van der Waals surface area contributed by atoms with E-state index in [1.165, 1.54) is 12.1 Å². The minimum absolute atomic E-state index is 0.154. The van der Waals surface area contributed by atoms with Crippen molar-refractivity contribution in [1.29, 1.82) is 0 Å². The molecule has 4 nitrogen and oxygen atoms in total. The maximum atomic E-state index is 13.2. The first-order valence-electron chi connectivity index (χ1n) is 5.65. The van der Waals surface area contributed by atoms with E-state index in [2.05, 4.69) is 0 Å². The molecule has 0 unspecified atom stereocenters. The number of benzene rings is 1. The van der Waals surface area contributed by atoms with E-state index in [4.69, 9.17) is 9.88 Å². The molecule has 1 aromatic carbocycles. The van der Waals surface area contributed by atoms with Crippen molar-refractivity contribution in [3.05, 3.63) is 29.6 Å². The lowest BCUT2D eigenvalue weighted by molar-refractivity contribution is 0.0746. The first kappa shape index (κ1) is 13.3. The van der Waals surface area contributed by atoms with Crippen LogP contribution in [0.2, 0.25) is 0 Å². The highest BCUT2D eigenvalue weighted by Crippen LogP contribution is 2.41. The molecule has 0 aliphatic carbocycles. The van der Waals surface area contributed by atoms with Gasteiger partial charge in [-0.3, -0.25) is 0 Å². The molecule has 18 heavy (non-hydrogen) atoms. The van der Waals surface area contributed by atoms with Gasteiger partial charge in [0.2, 0.25) is 10.0 Å². The second kappa shape index (κ2) is 4.20. The van der Waals surface area contributed by atoms with Crippen LogP contribution in [0.5, 0.6) is 5.75 Å². The van der Waals surface area contributed by atoms with E-state index in [9.17, 15) is 12.8 Å². The lowest BCUT2D eigenvalue weighted by Crippen LogP contribution is -2.37. The molecular formula is C12H16FNO3S. The monoisotopic (exact) mass is 273 g/mol. The molecule has 1 atom stereocenters. The molecular weight excluding hydrogens is 257 g/mol. The fraction of sp³-hybridized carbons (Fsp3) is 0.500. The van der Waals surface area contributed by atoms with Gasteiger partial charge in [-0.05, 0) is 31.9 Å². The summed E-state index contributed by atoms with van der Waals surface area (Å²) in [6, 6.07) is 4.15. The van der Waals surface area contributed by atoms with Gasteiger partial charge < -0.3 is 4.74 Å². The predicted octanol–water partition coefficient (Wildman–Crippen LogP) is 1.76. The van der Waals surface area contributed by atoms with Gasteiger partial charge in [0.15, 0.2) is 0 Å². The van der Waals surface area contributed by atoms with Crippen molar-refractivity contribution in [2.24, 2.45) is 5.14 Å². The van der Waals surface area contributed by atoms with Crippen molar-refractivity contribution < 1.29 is 17.5 Å². The highest BCUT2D eigenvalue weighted by Gasteiger charge is 2.35. The molecule has 0 bridgehead atoms. The van der Waals surface area contributed by atoms with Crippen molar-refractivity contribution >= 4 is 10.0 Å². The zero-order chi connectivity index (χ0) is 13.6. The molecule has 0 spiro atoms. The molecule has 0 saturated carbocycles. The van der Waals surface area contributed by atoms with E-state index < -0.39 is 21.4 Å². The number of hydrogen-bond acceptors (Lipinski definition) is 3. The third kappa shape index (κ3) is 3.00. The Hall–Kier alpha value is -1.14. The first-order valence-corrected chi connectivity index (χ1v) is 7.37. The Morgan fingerprint density at radius 2 is 2.17 bits per heavy atom. The lowest BCUT2D eigenvalue weighted by Gasteiger charge is -2.37. The normalized spacial score (nSPS) is 22.1. The van der Waals surface area contributed by atoms with Crippen molar-refractivity contribution in [3.63, 3.8) is 0 Å². The molecule has 0 saturated heterocycles. The number of halogens is 1. The highest BCUT2D eigenvalue weighted by molar-refractivity contribution is 7.89. The Morgan fingerprint density at radius 3 is 2.78 bits per heavy atom. The van der Waals surface area contributed by atoms with E-state index in [-0.39, 0.29) is 11.7 Å². The number of rotatable bonds is 2. The largest absolute Gasteiger partial charge is 0.487 e. The quantitative estimate of drug-likeness (QED) is 0.892. The molecule has 1 aliphatic heterocycles. The molecule has 100 valence electrons. The van der Waals surface area contributed by atoms with Crippen LogP contribution in [0.3, 0.4) is 0 Å². The number of nitrogens with two attached hydrogens (primary N) is 1. The summed E-state index contributed by atoms with van der Waals surface area (Å²) in [4.78, 5) is 0. The number of ether oxygens (including phenoxy) is 1. The van der Waals surface area contributed by atoms with E-state index in [1.54, 1.807) is 6.07 Å². The Kier molecular flexibility index (Phi) is 3.11. The van der Waals surface area contributed by atoms with Crippen LogP contribution in [0.15, 0.2) is 18.2 Å². The Bertz CT molecular complexity index is 569. The van der Waals surface area contributed by atoms with Crippen LogP contribution in [0.4, 0.5) is 4.39 Å². The Labute approximate surface area is 106 Å². The molecule has 2 rings (SSSR count). The molecule has 1 heterocycles. The first-order chi connectivity index (χ1) is 8.16. The van der Waals surface area contributed by atoms with Crippen LogP contribution in [-0.4, -0.2) is 19.8 Å². The van der Waals surface area contributed by atoms with Crippen molar-refractivity contribution in [2.45, 2.75) is 31.8 Å². The van der Waals surface area contributed by atoms with E-state index >= 15 is 0 Å². The molecule has 0 fully saturated rings. The Balaban J connectivity index is 2.44. The van der Waals surface area contributed by atoms with Crippen molar-refractivity contribution in [3.8, 4) is 5.75 Å². The van der Waals surface area contributed by atoms with E-state index in [1.807, 2.05) is 13.8 Å². The van der Waals surface area contributed by atoms with Gasteiger partial charge in [0.05, 0.1) is 5.75 Å². The van der Waals surface area contributed by atoms with Crippen LogP contribution in [0.25, 0.3) is 0 Å². The average Bonchev–Trinajstić information content (AvgIpc) is 2.11. The topological polar surface area (TPSA) is 69.4 Å². The van der Waals surface area contributed by atoms with E-state index in [0.717, 1.165) is 0 Å². The van der Waals surface area contributed by atoms with Crippen LogP contribution >= 0.6 is 0 Å². The van der Waals surface area contributed by atoms with Crippen LogP contribution in [-0.2, 0) is 10.0 Å². The molecule has 0 amide bonds. The summed E-state index contributed by atoms with van der Waals surface area (Å²) < 4.78 is 41.4. The molecule has 1 aliphatic rings. The molecule has 0 aromatic heterocycles. The van der Waals surface area contributed by atoms with Gasteiger partial charge in [-0.25, -0.2) is 17.9 Å². The number of hydrogen-bond donors (Lipinski definition) is 1. The summed E-state index contributed by atoms with van der Waals surface area (Å²) in [5.41, 5.74) is 0.167. The van der Waals surface area contributed by atoms with Crippen LogP contribution in [0, 0.1) is 5.82 Å². The standard InChI is InChI=1S/C12H16FNO3S/c1-12(2)6-8(7-18(14,15)16)10-4-3-9(13)5-11(10)17-12/h3-5,8H,6-7H2,1-2H3,(H2,14,15,16)/t8-/m0/s1. The summed E-state index contributed by atoms with van der Waals surface area (Å²) >= 11 is 0. The maximum absolute atomic E-state index is 13.2. The van der Waals surface area contributed by atoms with E-state index in [0.29, 0.717) is 17.7 Å². The third-order valence-electron chi connectivity index (χ3n) is 2.97. The number of fused-ring (bicyclic) bond motifs is 1. The van der Waals surface area contributed by atoms with Gasteiger partial charge in [0, 0.05) is 12.0 Å². The Morgan fingerprint density at radius 1 is 1.50 bits per heavy atom. The van der Waals surface area contributed by atoms with Gasteiger partial charge in [-0.2, -0.15) is 0 Å². The predicted molar refractivity (Wildman–Crippen MR) is 66.4 cm³/mol. The maximum Gasteiger partial charge on any atom is 0.209 e. The zero-order valence-electron chi connectivity index (χ0n) is 10.3. The van der Waals surface area contributed by atoms with Crippen molar-refractivity contribution in [1.82, 2.24) is 0 Å². The van der Waals surface area contributed by atoms with Gasteiger partial charge >= 0.3 is 0 Å². The zero-order valence-corrected chi connectivity index (χ0v) is 11.1. The number of primary sulfonamides is 1. The third-order valence-corrected chi connectivity index (χ3v) is 3.84. The molecule has 2 N–H and O–H groups in total. The fourth-order valence-corrected chi connectivity index (χ4v) is 3.26. The lowest BCUT2D eigenvalue weighted by atomic mass is 9.85. The average molecular weight is 273 g/mol.